The molecule has 0 unspecified atom stereocenters. The number of rotatable bonds is 0. The maximum atomic E-state index is 8.78. The highest BCUT2D eigenvalue weighted by molar-refractivity contribution is 14.1. The topological polar surface area (TPSA) is 23.8 Å². The summed E-state index contributed by atoms with van der Waals surface area (Å²) in [5.41, 5.74) is 2.05. The lowest BCUT2D eigenvalue weighted by atomic mass is 10.1. The molecule has 64 valence electrons. The van der Waals surface area contributed by atoms with E-state index in [4.69, 9.17) is 5.26 Å². The van der Waals surface area contributed by atoms with Crippen LogP contribution in [-0.2, 0) is 0 Å². The summed E-state index contributed by atoms with van der Waals surface area (Å²) in [5, 5.41) is 12.2. The van der Waals surface area contributed by atoms with Gasteiger partial charge in [0.1, 0.15) is 0 Å². The first-order chi connectivity index (χ1) is 6.22. The first-order valence-electron chi connectivity index (χ1n) is 3.80. The van der Waals surface area contributed by atoms with E-state index in [0.717, 1.165) is 5.56 Å². The van der Waals surface area contributed by atoms with Crippen molar-refractivity contribution in [3.8, 4) is 6.07 Å². The highest BCUT2D eigenvalue weighted by Crippen LogP contribution is 2.30. The van der Waals surface area contributed by atoms with Crippen molar-refractivity contribution in [2.75, 3.05) is 0 Å². The van der Waals surface area contributed by atoms with Crippen molar-refractivity contribution in [1.29, 1.82) is 5.26 Å². The molecule has 2 aromatic rings. The molecule has 0 spiro atoms. The second-order valence-electron chi connectivity index (χ2n) is 2.86. The van der Waals surface area contributed by atoms with E-state index in [0.29, 0.717) is 0 Å². The Labute approximate surface area is 94.1 Å². The molecule has 0 radical (unpaired) electrons. The van der Waals surface area contributed by atoms with Gasteiger partial charge in [0.2, 0.25) is 0 Å². The summed E-state index contributed by atoms with van der Waals surface area (Å²) >= 11 is 3.99. The number of aryl methyl sites for hydroxylation is 1. The summed E-state index contributed by atoms with van der Waals surface area (Å²) in [4.78, 5) is 0. The first kappa shape index (κ1) is 8.97. The van der Waals surface area contributed by atoms with Crippen LogP contribution in [0.4, 0.5) is 0 Å². The van der Waals surface area contributed by atoms with Gasteiger partial charge in [0.15, 0.2) is 0 Å². The van der Waals surface area contributed by atoms with Crippen molar-refractivity contribution < 1.29 is 0 Å². The normalized spacial score (nSPS) is 10.2. The zero-order valence-corrected chi connectivity index (χ0v) is 9.94. The van der Waals surface area contributed by atoms with Gasteiger partial charge < -0.3 is 0 Å². The van der Waals surface area contributed by atoms with Crippen LogP contribution in [0.5, 0.6) is 0 Å². The van der Waals surface area contributed by atoms with E-state index in [2.05, 4.69) is 41.0 Å². The van der Waals surface area contributed by atoms with Crippen LogP contribution in [-0.4, -0.2) is 0 Å². The van der Waals surface area contributed by atoms with Crippen molar-refractivity contribution in [2.45, 2.75) is 6.92 Å². The monoisotopic (exact) mass is 299 g/mol. The van der Waals surface area contributed by atoms with Gasteiger partial charge in [0.25, 0.3) is 0 Å². The van der Waals surface area contributed by atoms with Crippen molar-refractivity contribution in [2.24, 2.45) is 0 Å². The molecule has 0 bridgehead atoms. The molecular weight excluding hydrogens is 293 g/mol. The third kappa shape index (κ3) is 1.45. The average Bonchev–Trinajstić information content (AvgIpc) is 2.48. The minimum atomic E-state index is 0.749. The number of nitrogens with zero attached hydrogens (tertiary/aromatic N) is 1. The largest absolute Gasteiger partial charge is 0.192 e. The second-order valence-corrected chi connectivity index (χ2v) is 4.94. The Kier molecular flexibility index (Phi) is 2.26. The molecule has 0 saturated heterocycles. The van der Waals surface area contributed by atoms with Crippen molar-refractivity contribution >= 4 is 44.0 Å². The number of fused-ring (bicyclic) bond motifs is 1. The lowest BCUT2D eigenvalue weighted by molar-refractivity contribution is 1.49. The SMILES string of the molecule is Cc1csc2cc(C#N)cc(I)c12. The Balaban J connectivity index is 2.89. The predicted molar refractivity (Wildman–Crippen MR) is 64.0 cm³/mol. The molecule has 0 N–H and O–H groups in total. The van der Waals surface area contributed by atoms with Crippen LogP contribution >= 0.6 is 33.9 Å². The zero-order chi connectivity index (χ0) is 9.42. The van der Waals surface area contributed by atoms with Crippen LogP contribution in [0.15, 0.2) is 17.5 Å². The second kappa shape index (κ2) is 3.28. The van der Waals surface area contributed by atoms with Gasteiger partial charge in [0.05, 0.1) is 11.6 Å². The molecule has 0 aliphatic rings. The lowest BCUT2D eigenvalue weighted by Gasteiger charge is -1.96. The number of nitriles is 1. The maximum Gasteiger partial charge on any atom is 0.0992 e. The van der Waals surface area contributed by atoms with Gasteiger partial charge in [-0.2, -0.15) is 5.26 Å². The van der Waals surface area contributed by atoms with Gasteiger partial charge in [-0.3, -0.25) is 0 Å². The van der Waals surface area contributed by atoms with Gasteiger partial charge in [-0.25, -0.2) is 0 Å². The van der Waals surface area contributed by atoms with Gasteiger partial charge in [-0.15, -0.1) is 11.3 Å². The molecule has 0 aliphatic carbocycles. The van der Waals surface area contributed by atoms with Crippen LogP contribution in [0.3, 0.4) is 0 Å². The van der Waals surface area contributed by atoms with E-state index < -0.39 is 0 Å². The Morgan fingerprint density at radius 3 is 2.92 bits per heavy atom. The van der Waals surface area contributed by atoms with Crippen LogP contribution < -0.4 is 0 Å². The maximum absolute atomic E-state index is 8.78. The molecule has 0 fully saturated rings. The number of hydrogen-bond donors (Lipinski definition) is 0. The summed E-state index contributed by atoms with van der Waals surface area (Å²) in [6.45, 7) is 2.10. The third-order valence-electron chi connectivity index (χ3n) is 1.94. The van der Waals surface area contributed by atoms with Crippen LogP contribution in [0, 0.1) is 21.8 Å². The molecule has 0 saturated carbocycles. The summed E-state index contributed by atoms with van der Waals surface area (Å²) < 4.78 is 2.38. The molecule has 13 heavy (non-hydrogen) atoms. The molecule has 0 atom stereocenters. The Bertz CT molecular complexity index is 507. The summed E-state index contributed by atoms with van der Waals surface area (Å²) in [7, 11) is 0. The summed E-state index contributed by atoms with van der Waals surface area (Å²) in [6, 6.07) is 6.06. The Morgan fingerprint density at radius 2 is 2.23 bits per heavy atom. The van der Waals surface area contributed by atoms with E-state index in [-0.39, 0.29) is 0 Å². The van der Waals surface area contributed by atoms with Crippen molar-refractivity contribution in [3.63, 3.8) is 0 Å². The summed E-state index contributed by atoms with van der Waals surface area (Å²) in [6.07, 6.45) is 0. The number of hydrogen-bond acceptors (Lipinski definition) is 2. The van der Waals surface area contributed by atoms with E-state index >= 15 is 0 Å². The molecule has 3 heteroatoms. The smallest absolute Gasteiger partial charge is 0.0992 e. The average molecular weight is 299 g/mol. The molecule has 1 nitrogen and oxygen atoms in total. The van der Waals surface area contributed by atoms with E-state index in [1.165, 1.54) is 19.2 Å². The predicted octanol–water partition coefficient (Wildman–Crippen LogP) is 3.69. The van der Waals surface area contributed by atoms with Crippen LogP contribution in [0.1, 0.15) is 11.1 Å². The standard InChI is InChI=1S/C10H6INS/c1-6-5-13-9-3-7(4-12)2-8(11)10(6)9/h2-3,5H,1H3. The quantitative estimate of drug-likeness (QED) is 0.681. The number of benzene rings is 1. The Morgan fingerprint density at radius 1 is 1.46 bits per heavy atom. The molecule has 2 rings (SSSR count). The molecule has 0 aliphatic heterocycles. The minimum Gasteiger partial charge on any atom is -0.192 e. The highest BCUT2D eigenvalue weighted by Gasteiger charge is 2.05. The fraction of sp³-hybridized carbons (Fsp3) is 0.100. The van der Waals surface area contributed by atoms with Crippen molar-refractivity contribution in [1.82, 2.24) is 0 Å². The highest BCUT2D eigenvalue weighted by atomic mass is 127. The molecular formula is C10H6INS. The molecule has 0 amide bonds. The van der Waals surface area contributed by atoms with Gasteiger partial charge in [-0.05, 0) is 52.6 Å². The number of halogens is 1. The molecule has 1 aromatic carbocycles. The van der Waals surface area contributed by atoms with Crippen molar-refractivity contribution in [3.05, 3.63) is 32.2 Å². The number of thiophene rings is 1. The molecule has 1 heterocycles. The van der Waals surface area contributed by atoms with Gasteiger partial charge in [-0.1, -0.05) is 0 Å². The van der Waals surface area contributed by atoms with Crippen LogP contribution in [0.2, 0.25) is 0 Å². The van der Waals surface area contributed by atoms with Crippen LogP contribution in [0.25, 0.3) is 10.1 Å². The van der Waals surface area contributed by atoms with E-state index in [9.17, 15) is 0 Å². The zero-order valence-electron chi connectivity index (χ0n) is 6.97. The fourth-order valence-electron chi connectivity index (χ4n) is 1.33. The minimum absolute atomic E-state index is 0.749. The van der Waals surface area contributed by atoms with Gasteiger partial charge >= 0.3 is 0 Å². The van der Waals surface area contributed by atoms with E-state index in [1.54, 1.807) is 11.3 Å². The van der Waals surface area contributed by atoms with E-state index in [1.807, 2.05) is 12.1 Å². The third-order valence-corrected chi connectivity index (χ3v) is 3.84. The van der Waals surface area contributed by atoms with Gasteiger partial charge in [0, 0.05) is 13.7 Å². The Hall–Kier alpha value is -0.600. The first-order valence-corrected chi connectivity index (χ1v) is 5.75. The lowest BCUT2D eigenvalue weighted by Crippen LogP contribution is -1.79. The molecule has 1 aromatic heterocycles. The summed E-state index contributed by atoms with van der Waals surface area (Å²) in [5.74, 6) is 0. The fourth-order valence-corrected chi connectivity index (χ4v) is 3.57.